The minimum atomic E-state index is -1.33. The summed E-state index contributed by atoms with van der Waals surface area (Å²) in [5, 5.41) is -0.416. The molecule has 144 valence electrons. The lowest BCUT2D eigenvalue weighted by molar-refractivity contribution is 0.0474. The van der Waals surface area contributed by atoms with Crippen molar-refractivity contribution in [2.24, 2.45) is 0 Å². The van der Waals surface area contributed by atoms with Gasteiger partial charge in [0.05, 0.1) is 10.6 Å². The van der Waals surface area contributed by atoms with Crippen molar-refractivity contribution in [1.29, 1.82) is 0 Å². The average Bonchev–Trinajstić information content (AvgIpc) is 2.59. The van der Waals surface area contributed by atoms with Gasteiger partial charge in [-0.1, -0.05) is 18.5 Å². The van der Waals surface area contributed by atoms with Gasteiger partial charge in [-0.25, -0.2) is 18.4 Å². The molecule has 0 saturated heterocycles. The van der Waals surface area contributed by atoms with Crippen LogP contribution in [0.5, 0.6) is 0 Å². The minimum absolute atomic E-state index is 0.159. The zero-order chi connectivity index (χ0) is 20.3. The summed E-state index contributed by atoms with van der Waals surface area (Å²) in [5.74, 6) is -5.14. The Morgan fingerprint density at radius 1 is 1.26 bits per heavy atom. The number of aromatic nitrogens is 2. The molecular formula is C16H14ClF2N3O5. The van der Waals surface area contributed by atoms with E-state index in [4.69, 9.17) is 22.1 Å². The van der Waals surface area contributed by atoms with E-state index in [1.54, 1.807) is 6.92 Å². The summed E-state index contributed by atoms with van der Waals surface area (Å²) in [6, 6.07) is 1.10. The summed E-state index contributed by atoms with van der Waals surface area (Å²) in [4.78, 5) is 49.7. The van der Waals surface area contributed by atoms with Gasteiger partial charge in [-0.3, -0.25) is 19.1 Å². The number of nitrogens with two attached hydrogens (primary N) is 1. The number of H-pyrrole nitrogens is 1. The zero-order valence-electron chi connectivity index (χ0n) is 14.0. The molecule has 0 radical (unpaired) electrons. The van der Waals surface area contributed by atoms with Gasteiger partial charge in [-0.05, 0) is 18.6 Å². The molecule has 2 rings (SSSR count). The number of Topliss-reactive ketones (excluding diaryl/α,β-unsaturated/α-hetero) is 1. The van der Waals surface area contributed by atoms with E-state index < -0.39 is 57.4 Å². The second kappa shape index (κ2) is 8.12. The molecule has 8 nitrogen and oxygen atoms in total. The van der Waals surface area contributed by atoms with E-state index in [1.807, 2.05) is 4.98 Å². The van der Waals surface area contributed by atoms with Crippen molar-refractivity contribution in [2.45, 2.75) is 19.9 Å². The standard InChI is InChI=1S/C16H14ClF2N3O5/c1-2-3-22-13(20)12(14(24)21-16(22)26)11(23)6-27-15(25)7-4-9(18)10(19)5-8(7)17/h4-5H,2-3,6,20H2,1H3,(H,21,24,26). The highest BCUT2D eigenvalue weighted by Crippen LogP contribution is 2.21. The largest absolute Gasteiger partial charge is 0.454 e. The number of carbonyl (C=O) groups excluding carboxylic acids is 2. The fourth-order valence-electron chi connectivity index (χ4n) is 2.26. The molecule has 0 atom stereocenters. The first-order valence-corrected chi connectivity index (χ1v) is 8.02. The first-order chi connectivity index (χ1) is 12.7. The molecule has 0 saturated carbocycles. The summed E-state index contributed by atoms with van der Waals surface area (Å²) in [7, 11) is 0. The summed E-state index contributed by atoms with van der Waals surface area (Å²) in [6.45, 7) is 0.990. The first-order valence-electron chi connectivity index (χ1n) is 7.64. The summed E-state index contributed by atoms with van der Waals surface area (Å²) < 4.78 is 32.0. The van der Waals surface area contributed by atoms with Gasteiger partial charge in [0.2, 0.25) is 5.78 Å². The zero-order valence-corrected chi connectivity index (χ0v) is 14.7. The molecular weight excluding hydrogens is 388 g/mol. The number of hydrogen-bond acceptors (Lipinski definition) is 6. The fourth-order valence-corrected chi connectivity index (χ4v) is 2.49. The van der Waals surface area contributed by atoms with Crippen molar-refractivity contribution < 1.29 is 23.1 Å². The number of hydrogen-bond donors (Lipinski definition) is 2. The maximum atomic E-state index is 13.2. The highest BCUT2D eigenvalue weighted by molar-refractivity contribution is 6.33. The molecule has 0 spiro atoms. The van der Waals surface area contributed by atoms with Gasteiger partial charge >= 0.3 is 11.7 Å². The van der Waals surface area contributed by atoms with Gasteiger partial charge in [0.25, 0.3) is 5.56 Å². The van der Waals surface area contributed by atoms with Crippen LogP contribution in [0.4, 0.5) is 14.6 Å². The molecule has 0 amide bonds. The molecule has 3 N–H and O–H groups in total. The van der Waals surface area contributed by atoms with Crippen molar-refractivity contribution in [3.8, 4) is 0 Å². The van der Waals surface area contributed by atoms with Crippen LogP contribution in [0.1, 0.15) is 34.1 Å². The molecule has 0 aliphatic rings. The van der Waals surface area contributed by atoms with Crippen LogP contribution in [-0.4, -0.2) is 27.9 Å². The Balaban J connectivity index is 2.25. The number of ether oxygens (including phenoxy) is 1. The third-order valence-corrected chi connectivity index (χ3v) is 3.84. The average molecular weight is 402 g/mol. The minimum Gasteiger partial charge on any atom is -0.454 e. The summed E-state index contributed by atoms with van der Waals surface area (Å²) >= 11 is 5.65. The van der Waals surface area contributed by atoms with E-state index in [0.29, 0.717) is 18.6 Å². The third kappa shape index (κ3) is 4.22. The molecule has 1 aromatic heterocycles. The predicted octanol–water partition coefficient (Wildman–Crippen LogP) is 1.50. The maximum Gasteiger partial charge on any atom is 0.340 e. The van der Waals surface area contributed by atoms with Crippen LogP contribution in [0.15, 0.2) is 21.7 Å². The molecule has 0 fully saturated rings. The van der Waals surface area contributed by atoms with E-state index in [2.05, 4.69) is 0 Å². The number of nitrogen functional groups attached to an aromatic ring is 1. The molecule has 27 heavy (non-hydrogen) atoms. The van der Waals surface area contributed by atoms with E-state index in [1.165, 1.54) is 0 Å². The molecule has 0 bridgehead atoms. The van der Waals surface area contributed by atoms with Crippen molar-refractivity contribution in [2.75, 3.05) is 12.3 Å². The number of ketones is 1. The van der Waals surface area contributed by atoms with Crippen LogP contribution in [0.3, 0.4) is 0 Å². The number of nitrogens with one attached hydrogen (secondary N) is 1. The Morgan fingerprint density at radius 3 is 2.52 bits per heavy atom. The lowest BCUT2D eigenvalue weighted by Crippen LogP contribution is -2.37. The number of carbonyl (C=O) groups is 2. The van der Waals surface area contributed by atoms with Crippen molar-refractivity contribution in [3.63, 3.8) is 0 Å². The van der Waals surface area contributed by atoms with E-state index in [0.717, 1.165) is 4.57 Å². The Hall–Kier alpha value is -3.01. The van der Waals surface area contributed by atoms with Gasteiger partial charge in [0.15, 0.2) is 18.2 Å². The number of nitrogens with zero attached hydrogens (tertiary/aromatic N) is 1. The highest BCUT2D eigenvalue weighted by atomic mass is 35.5. The lowest BCUT2D eigenvalue weighted by atomic mass is 10.2. The lowest BCUT2D eigenvalue weighted by Gasteiger charge is -2.11. The van der Waals surface area contributed by atoms with Gasteiger partial charge in [-0.15, -0.1) is 0 Å². The number of benzene rings is 1. The topological polar surface area (TPSA) is 124 Å². The van der Waals surface area contributed by atoms with Gasteiger partial charge in [-0.2, -0.15) is 0 Å². The van der Waals surface area contributed by atoms with E-state index in [9.17, 15) is 28.0 Å². The van der Waals surface area contributed by atoms with Crippen molar-refractivity contribution in [3.05, 3.63) is 60.8 Å². The molecule has 11 heteroatoms. The van der Waals surface area contributed by atoms with Crippen molar-refractivity contribution in [1.82, 2.24) is 9.55 Å². The second-order valence-electron chi connectivity index (χ2n) is 5.42. The number of esters is 1. The normalized spacial score (nSPS) is 10.7. The monoisotopic (exact) mass is 401 g/mol. The van der Waals surface area contributed by atoms with Crippen LogP contribution < -0.4 is 17.0 Å². The third-order valence-electron chi connectivity index (χ3n) is 3.53. The van der Waals surface area contributed by atoms with Crippen LogP contribution in [0, 0.1) is 11.6 Å². The fraction of sp³-hybridized carbons (Fsp3) is 0.250. The summed E-state index contributed by atoms with van der Waals surface area (Å²) in [5.41, 5.74) is 2.86. The first kappa shape index (κ1) is 20.3. The smallest absolute Gasteiger partial charge is 0.340 e. The van der Waals surface area contributed by atoms with Crippen LogP contribution in [-0.2, 0) is 11.3 Å². The number of halogens is 3. The van der Waals surface area contributed by atoms with Crippen LogP contribution >= 0.6 is 11.6 Å². The molecule has 1 aromatic carbocycles. The second-order valence-corrected chi connectivity index (χ2v) is 5.82. The predicted molar refractivity (Wildman–Crippen MR) is 92.0 cm³/mol. The van der Waals surface area contributed by atoms with Gasteiger partial charge in [0, 0.05) is 6.54 Å². The quantitative estimate of drug-likeness (QED) is 0.429. The number of rotatable bonds is 6. The molecule has 0 aliphatic carbocycles. The van der Waals surface area contributed by atoms with E-state index in [-0.39, 0.29) is 12.4 Å². The Kier molecular flexibility index (Phi) is 6.11. The van der Waals surface area contributed by atoms with Crippen molar-refractivity contribution >= 4 is 29.2 Å². The maximum absolute atomic E-state index is 13.2. The number of aromatic amines is 1. The van der Waals surface area contributed by atoms with Gasteiger partial charge < -0.3 is 10.5 Å². The molecule has 0 unspecified atom stereocenters. The Bertz CT molecular complexity index is 1030. The number of anilines is 1. The Labute approximate surface area is 155 Å². The van der Waals surface area contributed by atoms with Gasteiger partial charge in [0.1, 0.15) is 11.4 Å². The molecule has 1 heterocycles. The van der Waals surface area contributed by atoms with Crippen LogP contribution in [0.2, 0.25) is 5.02 Å². The highest BCUT2D eigenvalue weighted by Gasteiger charge is 2.22. The Morgan fingerprint density at radius 2 is 1.89 bits per heavy atom. The van der Waals surface area contributed by atoms with Crippen LogP contribution in [0.25, 0.3) is 0 Å². The summed E-state index contributed by atoms with van der Waals surface area (Å²) in [6.07, 6.45) is 0.507. The molecule has 0 aliphatic heterocycles. The van der Waals surface area contributed by atoms with E-state index >= 15 is 0 Å². The SMILES string of the molecule is CCCn1c(N)c(C(=O)COC(=O)c2cc(F)c(F)cc2Cl)c(=O)[nH]c1=O. The molecule has 2 aromatic rings.